The number of para-hydroxylation sites is 1. The van der Waals surface area contributed by atoms with E-state index < -0.39 is 28.9 Å². The summed E-state index contributed by atoms with van der Waals surface area (Å²) in [5, 5.41) is 11.4. The first-order chi connectivity index (χ1) is 13.4. The Bertz CT molecular complexity index is 813. The van der Waals surface area contributed by atoms with Gasteiger partial charge in [0.2, 0.25) is 0 Å². The maximum absolute atomic E-state index is 12.8. The molecule has 2 atom stereocenters. The second-order valence-corrected chi connectivity index (χ2v) is 7.19. The van der Waals surface area contributed by atoms with Crippen molar-refractivity contribution in [1.82, 2.24) is 10.2 Å². The van der Waals surface area contributed by atoms with Gasteiger partial charge in [-0.05, 0) is 17.7 Å². The third kappa shape index (κ3) is 3.46. The molecule has 0 saturated carbocycles. The van der Waals surface area contributed by atoms with Gasteiger partial charge in [0.1, 0.15) is 16.8 Å². The van der Waals surface area contributed by atoms with E-state index in [2.05, 4.69) is 5.32 Å². The van der Waals surface area contributed by atoms with E-state index in [1.54, 1.807) is 24.3 Å². The van der Waals surface area contributed by atoms with Crippen molar-refractivity contribution < 1.29 is 33.7 Å². The van der Waals surface area contributed by atoms with Crippen LogP contribution in [0, 0.1) is 0 Å². The Kier molecular flexibility index (Phi) is 5.92. The van der Waals surface area contributed by atoms with Crippen molar-refractivity contribution in [3.8, 4) is 5.75 Å². The molecule has 1 aromatic carbocycles. The number of hydrogen-bond donors (Lipinski definition) is 2. The molecule has 0 unspecified atom stereocenters. The van der Waals surface area contributed by atoms with E-state index >= 15 is 0 Å². The number of β-lactam (4-membered cyclic amide) rings is 1. The zero-order valence-electron chi connectivity index (χ0n) is 15.3. The molecule has 2 heterocycles. The van der Waals surface area contributed by atoms with Crippen LogP contribution in [0.3, 0.4) is 0 Å². The molecule has 10 heteroatoms. The average molecular weight is 408 g/mol. The SMILES string of the molecule is COCC1=C(C(=O)O)N2C(=O)[C@](NC(=O)COc3ccccc3)(OC)[C@H]2SC1. The first kappa shape index (κ1) is 20.2. The van der Waals surface area contributed by atoms with Gasteiger partial charge >= 0.3 is 5.97 Å². The first-order valence-corrected chi connectivity index (χ1v) is 9.43. The summed E-state index contributed by atoms with van der Waals surface area (Å²) >= 11 is 1.30. The molecule has 1 fully saturated rings. The second kappa shape index (κ2) is 8.21. The van der Waals surface area contributed by atoms with Crippen LogP contribution in [0.2, 0.25) is 0 Å². The number of nitrogens with zero attached hydrogens (tertiary/aromatic N) is 1. The summed E-state index contributed by atoms with van der Waals surface area (Å²) in [6, 6.07) is 8.77. The number of methoxy groups -OCH3 is 2. The number of benzene rings is 1. The molecule has 1 aromatic rings. The molecule has 0 aromatic heterocycles. The molecular weight excluding hydrogens is 388 g/mol. The highest BCUT2D eigenvalue weighted by atomic mass is 32.2. The Balaban J connectivity index is 1.74. The number of carbonyl (C=O) groups is 3. The number of rotatable bonds is 8. The van der Waals surface area contributed by atoms with Crippen LogP contribution in [0.4, 0.5) is 0 Å². The maximum atomic E-state index is 12.8. The highest BCUT2D eigenvalue weighted by Gasteiger charge is 2.66. The predicted octanol–water partition coefficient (Wildman–Crippen LogP) is 0.425. The number of fused-ring (bicyclic) bond motifs is 1. The minimum atomic E-state index is -1.64. The van der Waals surface area contributed by atoms with Crippen LogP contribution in [-0.2, 0) is 23.9 Å². The number of thioether (sulfide) groups is 1. The molecule has 28 heavy (non-hydrogen) atoms. The Morgan fingerprint density at radius 2 is 2.04 bits per heavy atom. The van der Waals surface area contributed by atoms with E-state index in [0.717, 1.165) is 4.90 Å². The lowest BCUT2D eigenvalue weighted by atomic mass is 9.98. The maximum Gasteiger partial charge on any atom is 0.352 e. The molecule has 0 aliphatic carbocycles. The van der Waals surface area contributed by atoms with Crippen LogP contribution in [0.25, 0.3) is 0 Å². The normalized spacial score (nSPS) is 23.7. The third-order valence-electron chi connectivity index (χ3n) is 4.39. The van der Waals surface area contributed by atoms with Crippen LogP contribution in [0.1, 0.15) is 0 Å². The fourth-order valence-corrected chi connectivity index (χ4v) is 4.56. The van der Waals surface area contributed by atoms with Gasteiger partial charge in [0.25, 0.3) is 17.5 Å². The third-order valence-corrected chi connectivity index (χ3v) is 5.77. The smallest absolute Gasteiger partial charge is 0.352 e. The van der Waals surface area contributed by atoms with Crippen molar-refractivity contribution in [1.29, 1.82) is 0 Å². The topological polar surface area (TPSA) is 114 Å². The second-order valence-electron chi connectivity index (χ2n) is 6.12. The number of amides is 2. The number of nitrogens with one attached hydrogen (secondary N) is 1. The lowest BCUT2D eigenvalue weighted by molar-refractivity contribution is -0.193. The van der Waals surface area contributed by atoms with E-state index in [9.17, 15) is 19.5 Å². The molecule has 9 nitrogen and oxygen atoms in total. The molecule has 2 amide bonds. The van der Waals surface area contributed by atoms with Gasteiger partial charge in [0, 0.05) is 20.0 Å². The van der Waals surface area contributed by atoms with Crippen molar-refractivity contribution in [2.75, 3.05) is 33.2 Å². The highest BCUT2D eigenvalue weighted by Crippen LogP contribution is 2.46. The van der Waals surface area contributed by atoms with Gasteiger partial charge in [-0.15, -0.1) is 11.8 Å². The zero-order chi connectivity index (χ0) is 20.3. The number of hydrogen-bond acceptors (Lipinski definition) is 7. The van der Waals surface area contributed by atoms with Crippen molar-refractivity contribution in [2.24, 2.45) is 0 Å². The predicted molar refractivity (Wildman–Crippen MR) is 99.4 cm³/mol. The van der Waals surface area contributed by atoms with Gasteiger partial charge in [-0.2, -0.15) is 0 Å². The lowest BCUT2D eigenvalue weighted by Crippen LogP contribution is -2.81. The summed E-state index contributed by atoms with van der Waals surface area (Å²) < 4.78 is 15.8. The van der Waals surface area contributed by atoms with Gasteiger partial charge in [-0.3, -0.25) is 14.5 Å². The number of carbonyl (C=O) groups excluding carboxylic acids is 2. The van der Waals surface area contributed by atoms with Crippen LogP contribution < -0.4 is 10.1 Å². The van der Waals surface area contributed by atoms with Crippen LogP contribution in [0.15, 0.2) is 41.6 Å². The average Bonchev–Trinajstić information content (AvgIpc) is 2.70. The van der Waals surface area contributed by atoms with Crippen molar-refractivity contribution >= 4 is 29.5 Å². The number of ether oxygens (including phenoxy) is 3. The quantitative estimate of drug-likeness (QED) is 0.470. The molecule has 0 radical (unpaired) electrons. The van der Waals surface area contributed by atoms with Crippen molar-refractivity contribution in [3.05, 3.63) is 41.6 Å². The molecule has 0 spiro atoms. The van der Waals surface area contributed by atoms with E-state index in [-0.39, 0.29) is 18.9 Å². The summed E-state index contributed by atoms with van der Waals surface area (Å²) in [4.78, 5) is 38.0. The molecule has 3 rings (SSSR count). The first-order valence-electron chi connectivity index (χ1n) is 8.38. The Morgan fingerprint density at radius 3 is 2.64 bits per heavy atom. The Hall–Kier alpha value is -2.56. The summed E-state index contributed by atoms with van der Waals surface area (Å²) in [5.41, 5.74) is -1.27. The van der Waals surface area contributed by atoms with Crippen molar-refractivity contribution in [2.45, 2.75) is 11.1 Å². The van der Waals surface area contributed by atoms with E-state index in [4.69, 9.17) is 14.2 Å². The van der Waals surface area contributed by atoms with Gasteiger partial charge in [0.05, 0.1) is 6.61 Å². The van der Waals surface area contributed by atoms with Gasteiger partial charge in [-0.1, -0.05) is 18.2 Å². The minimum Gasteiger partial charge on any atom is -0.484 e. The van der Waals surface area contributed by atoms with Crippen LogP contribution >= 0.6 is 11.8 Å². The Labute approximate surface area is 165 Å². The van der Waals surface area contributed by atoms with E-state index in [1.807, 2.05) is 6.07 Å². The molecular formula is C18H20N2O7S. The summed E-state index contributed by atoms with van der Waals surface area (Å²) in [7, 11) is 2.75. The largest absolute Gasteiger partial charge is 0.484 e. The van der Waals surface area contributed by atoms with E-state index in [0.29, 0.717) is 17.1 Å². The summed E-state index contributed by atoms with van der Waals surface area (Å²) in [5.74, 6) is -1.58. The monoisotopic (exact) mass is 408 g/mol. The molecule has 0 bridgehead atoms. The minimum absolute atomic E-state index is 0.0996. The molecule has 2 aliphatic rings. The van der Waals surface area contributed by atoms with Crippen LogP contribution in [0.5, 0.6) is 5.75 Å². The van der Waals surface area contributed by atoms with E-state index in [1.165, 1.54) is 26.0 Å². The van der Waals surface area contributed by atoms with Gasteiger partial charge in [0.15, 0.2) is 6.61 Å². The fraction of sp³-hybridized carbons (Fsp3) is 0.389. The van der Waals surface area contributed by atoms with Gasteiger partial charge < -0.3 is 24.6 Å². The zero-order valence-corrected chi connectivity index (χ0v) is 16.2. The number of carboxylic acid groups (broad SMARTS) is 1. The lowest BCUT2D eigenvalue weighted by Gasteiger charge is -2.55. The fourth-order valence-electron chi connectivity index (χ4n) is 3.14. The van der Waals surface area contributed by atoms with Crippen molar-refractivity contribution in [3.63, 3.8) is 0 Å². The summed E-state index contributed by atoms with van der Waals surface area (Å²) in [6.07, 6.45) is 0. The highest BCUT2D eigenvalue weighted by molar-refractivity contribution is 8.00. The number of carboxylic acids is 1. The summed E-state index contributed by atoms with van der Waals surface area (Å²) in [6.45, 7) is -0.210. The van der Waals surface area contributed by atoms with Gasteiger partial charge in [-0.25, -0.2) is 4.79 Å². The standard InChI is InChI=1S/C18H20N2O7S/c1-25-8-11-10-28-17-18(26-2,16(24)20(17)14(11)15(22)23)19-13(21)9-27-12-6-4-3-5-7-12/h3-7,17H,8-10H2,1-2H3,(H,19,21)(H,22,23)/t17-,18+/m1/s1. The van der Waals surface area contributed by atoms with Crippen LogP contribution in [-0.4, -0.2) is 72.1 Å². The molecule has 2 N–H and O–H groups in total. The number of aliphatic carboxylic acids is 1. The Morgan fingerprint density at radius 1 is 1.32 bits per heavy atom. The molecule has 1 saturated heterocycles. The molecule has 2 aliphatic heterocycles. The molecule has 150 valence electrons.